The molecule has 122 valence electrons. The van der Waals surface area contributed by atoms with Crippen LogP contribution < -0.4 is 0 Å². The Labute approximate surface area is 136 Å². The largest absolute Gasteiger partial charge is 0.393 e. The summed E-state index contributed by atoms with van der Waals surface area (Å²) in [4.78, 5) is 14.2. The molecule has 1 fully saturated rings. The van der Waals surface area contributed by atoms with Crippen LogP contribution in [0.15, 0.2) is 42.7 Å². The van der Waals surface area contributed by atoms with Crippen molar-refractivity contribution < 1.29 is 9.90 Å². The first-order valence-electron chi connectivity index (χ1n) is 8.13. The van der Waals surface area contributed by atoms with Gasteiger partial charge < -0.3 is 10.0 Å². The Kier molecular flexibility index (Phi) is 4.76. The Morgan fingerprint density at radius 1 is 1.35 bits per heavy atom. The molecule has 2 unspecified atom stereocenters. The maximum absolute atomic E-state index is 12.5. The van der Waals surface area contributed by atoms with Crippen LogP contribution in [0.2, 0.25) is 0 Å². The van der Waals surface area contributed by atoms with Crippen LogP contribution in [0.4, 0.5) is 0 Å². The minimum absolute atomic E-state index is 0.0385. The van der Waals surface area contributed by atoms with Gasteiger partial charge in [0.05, 0.1) is 24.4 Å². The number of aromatic nitrogens is 2. The molecule has 0 spiro atoms. The zero-order valence-electron chi connectivity index (χ0n) is 13.4. The van der Waals surface area contributed by atoms with Crippen molar-refractivity contribution in [2.45, 2.75) is 31.9 Å². The summed E-state index contributed by atoms with van der Waals surface area (Å²) >= 11 is 0. The Bertz CT molecular complexity index is 653. The van der Waals surface area contributed by atoms with Gasteiger partial charge in [0, 0.05) is 25.7 Å². The maximum Gasteiger partial charge on any atom is 0.256 e. The molecule has 1 saturated carbocycles. The standard InChI is InChI=1S/C18H23N3O2/c1-20(12-15-8-5-9-17(15)22)18(23)16-10-19-21(13-16)11-14-6-3-2-4-7-14/h2-4,6-7,10,13,15,17,22H,5,8-9,11-12H2,1H3. The fraction of sp³-hybridized carbons (Fsp3) is 0.444. The average Bonchev–Trinajstić information content (AvgIpc) is 3.17. The summed E-state index contributed by atoms with van der Waals surface area (Å²) in [5, 5.41) is 14.2. The Morgan fingerprint density at radius 3 is 2.83 bits per heavy atom. The minimum Gasteiger partial charge on any atom is -0.393 e. The van der Waals surface area contributed by atoms with Gasteiger partial charge in [0.25, 0.3) is 5.91 Å². The summed E-state index contributed by atoms with van der Waals surface area (Å²) in [5.74, 6) is 0.159. The molecule has 1 aromatic carbocycles. The first kappa shape index (κ1) is 15.7. The lowest BCUT2D eigenvalue weighted by atomic mass is 10.1. The van der Waals surface area contributed by atoms with Crippen molar-refractivity contribution in [1.82, 2.24) is 14.7 Å². The minimum atomic E-state index is -0.272. The number of aliphatic hydroxyl groups excluding tert-OH is 1. The van der Waals surface area contributed by atoms with Crippen LogP contribution in [0.25, 0.3) is 0 Å². The summed E-state index contributed by atoms with van der Waals surface area (Å²) in [6.45, 7) is 1.25. The number of amides is 1. The van der Waals surface area contributed by atoms with E-state index in [-0.39, 0.29) is 17.9 Å². The van der Waals surface area contributed by atoms with E-state index in [4.69, 9.17) is 0 Å². The number of carbonyl (C=O) groups excluding carboxylic acids is 1. The third-order valence-corrected chi connectivity index (χ3v) is 4.54. The molecule has 5 heteroatoms. The zero-order chi connectivity index (χ0) is 16.2. The molecular formula is C18H23N3O2. The predicted molar refractivity (Wildman–Crippen MR) is 88.1 cm³/mol. The molecule has 0 radical (unpaired) electrons. The number of aliphatic hydroxyl groups is 1. The molecule has 2 aromatic rings. The van der Waals surface area contributed by atoms with Gasteiger partial charge >= 0.3 is 0 Å². The highest BCUT2D eigenvalue weighted by atomic mass is 16.3. The van der Waals surface area contributed by atoms with Gasteiger partial charge in [-0.2, -0.15) is 5.10 Å². The molecule has 0 aliphatic heterocycles. The van der Waals surface area contributed by atoms with Crippen molar-refractivity contribution in [3.63, 3.8) is 0 Å². The number of hydrogen-bond donors (Lipinski definition) is 1. The van der Waals surface area contributed by atoms with Crippen molar-refractivity contribution in [1.29, 1.82) is 0 Å². The van der Waals surface area contributed by atoms with Crippen LogP contribution in [0.5, 0.6) is 0 Å². The molecule has 0 bridgehead atoms. The number of hydrogen-bond acceptors (Lipinski definition) is 3. The highest BCUT2D eigenvalue weighted by molar-refractivity contribution is 5.93. The smallest absolute Gasteiger partial charge is 0.256 e. The van der Waals surface area contributed by atoms with Crippen molar-refractivity contribution in [3.05, 3.63) is 53.9 Å². The van der Waals surface area contributed by atoms with Crippen LogP contribution in [0.3, 0.4) is 0 Å². The summed E-state index contributed by atoms with van der Waals surface area (Å²) in [5.41, 5.74) is 1.74. The third kappa shape index (κ3) is 3.79. The van der Waals surface area contributed by atoms with E-state index in [0.717, 1.165) is 24.8 Å². The van der Waals surface area contributed by atoms with Crippen LogP contribution in [-0.2, 0) is 6.54 Å². The summed E-state index contributed by atoms with van der Waals surface area (Å²) in [6, 6.07) is 10.0. The summed E-state index contributed by atoms with van der Waals surface area (Å²) in [6.07, 6.45) is 6.02. The van der Waals surface area contributed by atoms with Crippen molar-refractivity contribution >= 4 is 5.91 Å². The lowest BCUT2D eigenvalue weighted by Gasteiger charge is -2.22. The first-order chi connectivity index (χ1) is 11.1. The van der Waals surface area contributed by atoms with Gasteiger partial charge in [-0.05, 0) is 18.4 Å². The second kappa shape index (κ2) is 6.96. The molecule has 1 aliphatic rings. The van der Waals surface area contributed by atoms with Gasteiger partial charge in [-0.3, -0.25) is 9.48 Å². The molecule has 2 atom stereocenters. The molecule has 1 N–H and O–H groups in total. The zero-order valence-corrected chi connectivity index (χ0v) is 13.4. The molecule has 1 aliphatic carbocycles. The van der Waals surface area contributed by atoms with Crippen LogP contribution >= 0.6 is 0 Å². The number of rotatable bonds is 5. The molecule has 5 nitrogen and oxygen atoms in total. The van der Waals surface area contributed by atoms with Crippen molar-refractivity contribution in [2.75, 3.05) is 13.6 Å². The van der Waals surface area contributed by atoms with E-state index < -0.39 is 0 Å². The van der Waals surface area contributed by atoms with Gasteiger partial charge in [-0.1, -0.05) is 36.8 Å². The average molecular weight is 313 g/mol. The first-order valence-corrected chi connectivity index (χ1v) is 8.13. The predicted octanol–water partition coefficient (Wildman–Crippen LogP) is 2.16. The molecule has 3 rings (SSSR count). The molecule has 1 heterocycles. The van der Waals surface area contributed by atoms with E-state index in [1.807, 2.05) is 30.3 Å². The fourth-order valence-corrected chi connectivity index (χ4v) is 3.22. The van der Waals surface area contributed by atoms with Crippen LogP contribution in [0, 0.1) is 5.92 Å². The third-order valence-electron chi connectivity index (χ3n) is 4.54. The number of nitrogens with zero attached hydrogens (tertiary/aromatic N) is 3. The van der Waals surface area contributed by atoms with Gasteiger partial charge in [0.2, 0.25) is 0 Å². The van der Waals surface area contributed by atoms with Gasteiger partial charge in [0.1, 0.15) is 0 Å². The van der Waals surface area contributed by atoms with Gasteiger partial charge in [-0.15, -0.1) is 0 Å². The quantitative estimate of drug-likeness (QED) is 0.920. The monoisotopic (exact) mass is 313 g/mol. The highest BCUT2D eigenvalue weighted by Crippen LogP contribution is 2.26. The van der Waals surface area contributed by atoms with Crippen LogP contribution in [0.1, 0.15) is 35.2 Å². The van der Waals surface area contributed by atoms with Crippen molar-refractivity contribution in [2.24, 2.45) is 5.92 Å². The van der Waals surface area contributed by atoms with E-state index in [0.29, 0.717) is 18.7 Å². The van der Waals surface area contributed by atoms with Gasteiger partial charge in [-0.25, -0.2) is 0 Å². The van der Waals surface area contributed by atoms with E-state index in [2.05, 4.69) is 5.10 Å². The Balaban J connectivity index is 1.61. The van der Waals surface area contributed by atoms with E-state index in [9.17, 15) is 9.90 Å². The summed E-state index contributed by atoms with van der Waals surface area (Å²) < 4.78 is 1.78. The second-order valence-corrected chi connectivity index (χ2v) is 6.36. The fourth-order valence-electron chi connectivity index (χ4n) is 3.22. The summed E-state index contributed by atoms with van der Waals surface area (Å²) in [7, 11) is 1.79. The SMILES string of the molecule is CN(CC1CCCC1O)C(=O)c1cnn(Cc2ccccc2)c1. The Morgan fingerprint density at radius 2 is 2.13 bits per heavy atom. The molecule has 1 aromatic heterocycles. The van der Waals surface area contributed by atoms with Crippen LogP contribution in [-0.4, -0.2) is 45.4 Å². The van der Waals surface area contributed by atoms with Gasteiger partial charge in [0.15, 0.2) is 0 Å². The lowest BCUT2D eigenvalue weighted by molar-refractivity contribution is 0.0693. The molecule has 0 saturated heterocycles. The lowest BCUT2D eigenvalue weighted by Crippen LogP contribution is -2.34. The van der Waals surface area contributed by atoms with Crippen molar-refractivity contribution in [3.8, 4) is 0 Å². The van der Waals surface area contributed by atoms with E-state index in [1.54, 1.807) is 29.0 Å². The van der Waals surface area contributed by atoms with E-state index >= 15 is 0 Å². The highest BCUT2D eigenvalue weighted by Gasteiger charge is 2.28. The molecule has 1 amide bonds. The second-order valence-electron chi connectivity index (χ2n) is 6.36. The number of benzene rings is 1. The topological polar surface area (TPSA) is 58.4 Å². The molecular weight excluding hydrogens is 290 g/mol. The molecule has 23 heavy (non-hydrogen) atoms. The number of carbonyl (C=O) groups is 1. The normalized spacial score (nSPS) is 20.6. The van der Waals surface area contributed by atoms with E-state index in [1.165, 1.54) is 0 Å². The maximum atomic E-state index is 12.5. The Hall–Kier alpha value is -2.14.